The fraction of sp³-hybridized carbons (Fsp3) is 0.0435. The lowest BCUT2D eigenvalue weighted by atomic mass is 10.0. The summed E-state index contributed by atoms with van der Waals surface area (Å²) >= 11 is 11.9. The minimum atomic E-state index is -0.464. The molecule has 150 valence electrons. The number of hydrogen-bond donors (Lipinski definition) is 1. The molecule has 0 bridgehead atoms. The number of ether oxygens (including phenoxy) is 1. The maximum Gasteiger partial charge on any atom is 0.336 e. The molecule has 4 rings (SSSR count). The van der Waals surface area contributed by atoms with Crippen LogP contribution in [0.3, 0.4) is 0 Å². The van der Waals surface area contributed by atoms with Crippen LogP contribution in [0.5, 0.6) is 5.75 Å². The summed E-state index contributed by atoms with van der Waals surface area (Å²) in [6.07, 6.45) is 0. The van der Waals surface area contributed by atoms with Gasteiger partial charge in [0.2, 0.25) is 0 Å². The molecule has 0 saturated heterocycles. The van der Waals surface area contributed by atoms with Gasteiger partial charge in [0.15, 0.2) is 6.61 Å². The van der Waals surface area contributed by atoms with Crippen molar-refractivity contribution in [1.82, 2.24) is 0 Å². The summed E-state index contributed by atoms with van der Waals surface area (Å²) in [6, 6.07) is 20.9. The lowest BCUT2D eigenvalue weighted by molar-refractivity contribution is -0.118. The van der Waals surface area contributed by atoms with E-state index in [0.29, 0.717) is 27.1 Å². The van der Waals surface area contributed by atoms with E-state index in [9.17, 15) is 9.59 Å². The Kier molecular flexibility index (Phi) is 5.74. The van der Waals surface area contributed by atoms with E-state index < -0.39 is 5.63 Å². The van der Waals surface area contributed by atoms with Crippen LogP contribution < -0.4 is 15.7 Å². The fourth-order valence-corrected chi connectivity index (χ4v) is 3.59. The molecule has 1 amide bonds. The number of carbonyl (C=O) groups excluding carboxylic acids is 1. The Morgan fingerprint density at radius 1 is 0.933 bits per heavy atom. The van der Waals surface area contributed by atoms with E-state index in [1.807, 2.05) is 30.3 Å². The van der Waals surface area contributed by atoms with Crippen molar-refractivity contribution in [3.8, 4) is 16.9 Å². The molecule has 4 aromatic rings. The molecule has 7 heteroatoms. The number of rotatable bonds is 5. The van der Waals surface area contributed by atoms with Gasteiger partial charge in [-0.15, -0.1) is 0 Å². The van der Waals surface area contributed by atoms with Gasteiger partial charge in [-0.2, -0.15) is 0 Å². The maximum absolute atomic E-state index is 12.2. The summed E-state index contributed by atoms with van der Waals surface area (Å²) in [5.41, 5.74) is 2.06. The van der Waals surface area contributed by atoms with Gasteiger partial charge in [-0.1, -0.05) is 53.5 Å². The molecule has 0 aliphatic rings. The molecular weight excluding hydrogens is 425 g/mol. The van der Waals surface area contributed by atoms with Gasteiger partial charge in [0, 0.05) is 33.3 Å². The van der Waals surface area contributed by atoms with Gasteiger partial charge in [-0.25, -0.2) is 4.79 Å². The highest BCUT2D eigenvalue weighted by molar-refractivity contribution is 6.35. The number of carbonyl (C=O) groups is 1. The molecular formula is C23H15Cl2NO4. The number of hydrogen-bond acceptors (Lipinski definition) is 4. The van der Waals surface area contributed by atoms with Crippen LogP contribution in [0, 0.1) is 0 Å². The fourth-order valence-electron chi connectivity index (χ4n) is 3.06. The summed E-state index contributed by atoms with van der Waals surface area (Å²) in [4.78, 5) is 24.2. The summed E-state index contributed by atoms with van der Waals surface area (Å²) < 4.78 is 10.9. The largest absolute Gasteiger partial charge is 0.484 e. The summed E-state index contributed by atoms with van der Waals surface area (Å²) in [5.74, 6) is 0.0167. The van der Waals surface area contributed by atoms with Crippen LogP contribution in [0.2, 0.25) is 10.0 Å². The van der Waals surface area contributed by atoms with Crippen molar-refractivity contribution in [3.63, 3.8) is 0 Å². The van der Waals surface area contributed by atoms with E-state index in [-0.39, 0.29) is 12.5 Å². The van der Waals surface area contributed by atoms with Crippen LogP contribution in [0.1, 0.15) is 0 Å². The monoisotopic (exact) mass is 439 g/mol. The molecule has 0 aliphatic carbocycles. The Hall–Kier alpha value is -3.28. The summed E-state index contributed by atoms with van der Waals surface area (Å²) in [7, 11) is 0. The predicted octanol–water partition coefficient (Wildman–Crippen LogP) is 5.78. The standard InChI is InChI=1S/C23H15Cl2NO4/c24-15-8-16(25)10-17(9-15)26-22(27)13-29-18-6-7-19-20(14-4-2-1-3-5-14)12-23(28)30-21(19)11-18/h1-12H,13H2,(H,26,27). The van der Waals surface area contributed by atoms with Crippen LogP contribution in [0.25, 0.3) is 22.1 Å². The quantitative estimate of drug-likeness (QED) is 0.399. The number of fused-ring (bicyclic) bond motifs is 1. The Labute approximate surface area is 181 Å². The van der Waals surface area contributed by atoms with Gasteiger partial charge in [0.05, 0.1) is 0 Å². The summed E-state index contributed by atoms with van der Waals surface area (Å²) in [5, 5.41) is 4.26. The Bertz CT molecular complexity index is 1270. The molecule has 0 spiro atoms. The van der Waals surface area contributed by atoms with Crippen molar-refractivity contribution in [2.24, 2.45) is 0 Å². The van der Waals surface area contributed by atoms with E-state index in [4.69, 9.17) is 32.4 Å². The predicted molar refractivity (Wildman–Crippen MR) is 119 cm³/mol. The van der Waals surface area contributed by atoms with Gasteiger partial charge < -0.3 is 14.5 Å². The van der Waals surface area contributed by atoms with E-state index in [1.165, 1.54) is 6.07 Å². The second-order valence-corrected chi connectivity index (χ2v) is 7.37. The third kappa shape index (κ3) is 4.64. The molecule has 0 fully saturated rings. The van der Waals surface area contributed by atoms with Crippen LogP contribution in [0.4, 0.5) is 5.69 Å². The summed E-state index contributed by atoms with van der Waals surface area (Å²) in [6.45, 7) is -0.238. The third-order valence-electron chi connectivity index (χ3n) is 4.32. The third-order valence-corrected chi connectivity index (χ3v) is 4.75. The van der Waals surface area contributed by atoms with Crippen molar-refractivity contribution in [2.75, 3.05) is 11.9 Å². The number of benzene rings is 3. The van der Waals surface area contributed by atoms with E-state index in [2.05, 4.69) is 5.32 Å². The molecule has 0 saturated carbocycles. The van der Waals surface area contributed by atoms with Gasteiger partial charge >= 0.3 is 5.63 Å². The van der Waals surface area contributed by atoms with Crippen molar-refractivity contribution in [3.05, 3.63) is 93.3 Å². The minimum absolute atomic E-state index is 0.238. The van der Waals surface area contributed by atoms with Crippen molar-refractivity contribution in [2.45, 2.75) is 0 Å². The van der Waals surface area contributed by atoms with Crippen molar-refractivity contribution < 1.29 is 13.9 Å². The van der Waals surface area contributed by atoms with Gasteiger partial charge in [-0.3, -0.25) is 4.79 Å². The first kappa shape index (κ1) is 20.0. The lowest BCUT2D eigenvalue weighted by Gasteiger charge is -2.10. The molecule has 0 atom stereocenters. The first-order chi connectivity index (χ1) is 14.5. The highest BCUT2D eigenvalue weighted by atomic mass is 35.5. The van der Waals surface area contributed by atoms with Crippen LogP contribution in [-0.4, -0.2) is 12.5 Å². The van der Waals surface area contributed by atoms with E-state index in [1.54, 1.807) is 36.4 Å². The Balaban J connectivity index is 1.53. The molecule has 0 unspecified atom stereocenters. The highest BCUT2D eigenvalue weighted by Crippen LogP contribution is 2.29. The van der Waals surface area contributed by atoms with Crippen molar-refractivity contribution in [1.29, 1.82) is 0 Å². The number of nitrogens with one attached hydrogen (secondary N) is 1. The van der Waals surface area contributed by atoms with E-state index in [0.717, 1.165) is 16.5 Å². The zero-order valence-electron chi connectivity index (χ0n) is 15.5. The molecule has 0 aliphatic heterocycles. The van der Waals surface area contributed by atoms with Gasteiger partial charge in [0.1, 0.15) is 11.3 Å². The number of amides is 1. The van der Waals surface area contributed by atoms with Gasteiger partial charge in [-0.05, 0) is 41.5 Å². The Morgan fingerprint density at radius 3 is 2.40 bits per heavy atom. The van der Waals surface area contributed by atoms with Crippen LogP contribution in [0.15, 0.2) is 82.0 Å². The topological polar surface area (TPSA) is 68.5 Å². The zero-order chi connectivity index (χ0) is 21.1. The van der Waals surface area contributed by atoms with Gasteiger partial charge in [0.25, 0.3) is 5.91 Å². The molecule has 5 nitrogen and oxygen atoms in total. The molecule has 1 heterocycles. The second-order valence-electron chi connectivity index (χ2n) is 6.50. The molecule has 1 aromatic heterocycles. The lowest BCUT2D eigenvalue weighted by Crippen LogP contribution is -2.20. The van der Waals surface area contributed by atoms with Crippen LogP contribution >= 0.6 is 23.2 Å². The average molecular weight is 440 g/mol. The minimum Gasteiger partial charge on any atom is -0.484 e. The smallest absolute Gasteiger partial charge is 0.336 e. The number of halogens is 2. The maximum atomic E-state index is 12.2. The first-order valence-corrected chi connectivity index (χ1v) is 9.75. The average Bonchev–Trinajstić information content (AvgIpc) is 2.71. The normalized spacial score (nSPS) is 10.7. The second kappa shape index (κ2) is 8.61. The molecule has 0 radical (unpaired) electrons. The zero-order valence-corrected chi connectivity index (χ0v) is 17.0. The molecule has 3 aromatic carbocycles. The highest BCUT2D eigenvalue weighted by Gasteiger charge is 2.10. The molecule has 1 N–H and O–H groups in total. The Morgan fingerprint density at radius 2 is 1.67 bits per heavy atom. The SMILES string of the molecule is O=C(COc1ccc2c(-c3ccccc3)cc(=O)oc2c1)Nc1cc(Cl)cc(Cl)c1. The number of anilines is 1. The first-order valence-electron chi connectivity index (χ1n) is 9.00. The van der Waals surface area contributed by atoms with Crippen molar-refractivity contribution >= 4 is 45.8 Å². The molecule has 30 heavy (non-hydrogen) atoms. The van der Waals surface area contributed by atoms with E-state index >= 15 is 0 Å². The van der Waals surface area contributed by atoms with Crippen LogP contribution in [-0.2, 0) is 4.79 Å².